The summed E-state index contributed by atoms with van der Waals surface area (Å²) >= 11 is 0. The summed E-state index contributed by atoms with van der Waals surface area (Å²) < 4.78 is 0. The van der Waals surface area contributed by atoms with Gasteiger partial charge < -0.3 is 0 Å². The topological polar surface area (TPSA) is 46.5 Å². The minimum absolute atomic E-state index is 0.0235. The third-order valence-corrected chi connectivity index (χ3v) is 4.96. The van der Waals surface area contributed by atoms with E-state index < -0.39 is 5.92 Å². The van der Waals surface area contributed by atoms with Gasteiger partial charge in [-0.15, -0.1) is 0 Å². The number of aliphatic imine (C=N–C) groups is 1. The number of Topliss-reactive ketones (excluding diaryl/α,β-unsaturated/α-hetero) is 2. The maximum absolute atomic E-state index is 12.8. The zero-order valence-corrected chi connectivity index (χ0v) is 15.2. The Morgan fingerprint density at radius 3 is 2.31 bits per heavy atom. The van der Waals surface area contributed by atoms with Crippen LogP contribution in [0.15, 0.2) is 65.7 Å². The lowest BCUT2D eigenvalue weighted by atomic mass is 9.74. The minimum Gasteiger partial charge on any atom is -0.298 e. The molecule has 3 rings (SSSR count). The Morgan fingerprint density at radius 1 is 1.00 bits per heavy atom. The lowest BCUT2D eigenvalue weighted by Gasteiger charge is -2.29. The molecule has 3 nitrogen and oxygen atoms in total. The monoisotopic (exact) mass is 347 g/mol. The minimum atomic E-state index is -0.640. The van der Waals surface area contributed by atoms with Crippen LogP contribution in [0, 0.1) is 5.92 Å². The highest BCUT2D eigenvalue weighted by Crippen LogP contribution is 2.33. The van der Waals surface area contributed by atoms with Gasteiger partial charge in [-0.05, 0) is 29.9 Å². The van der Waals surface area contributed by atoms with Crippen LogP contribution in [0.4, 0.5) is 0 Å². The fraction of sp³-hybridized carbons (Fsp3) is 0.348. The molecule has 0 saturated heterocycles. The molecule has 0 heterocycles. The Hall–Kier alpha value is -2.55. The predicted octanol–water partition coefficient (Wildman–Crippen LogP) is 4.76. The van der Waals surface area contributed by atoms with Crippen LogP contribution < -0.4 is 0 Å². The quantitative estimate of drug-likeness (QED) is 0.707. The van der Waals surface area contributed by atoms with Gasteiger partial charge in [0.25, 0.3) is 0 Å². The molecule has 3 heteroatoms. The number of rotatable bonds is 6. The molecular weight excluding hydrogens is 322 g/mol. The molecule has 2 aromatic carbocycles. The first-order valence-electron chi connectivity index (χ1n) is 9.36. The highest BCUT2D eigenvalue weighted by Gasteiger charge is 2.38. The Morgan fingerprint density at radius 2 is 1.65 bits per heavy atom. The standard InChI is InChI=1S/C23H25NO2/c1-2-9-21(25)23-20(24-16-17-10-5-3-6-11-17)14-19(15-22(23)26)18-12-7-4-8-13-18/h3-8,10-13,19,23H,2,9,14-16H2,1H3/t19-,23-/m0/s1. The van der Waals surface area contributed by atoms with Crippen LogP contribution in [0.2, 0.25) is 0 Å². The van der Waals surface area contributed by atoms with Crippen molar-refractivity contribution in [2.75, 3.05) is 0 Å². The van der Waals surface area contributed by atoms with Gasteiger partial charge >= 0.3 is 0 Å². The van der Waals surface area contributed by atoms with Gasteiger partial charge in [0.05, 0.1) is 6.54 Å². The first kappa shape index (κ1) is 18.2. The summed E-state index contributed by atoms with van der Waals surface area (Å²) in [5.41, 5.74) is 3.00. The third-order valence-electron chi connectivity index (χ3n) is 4.96. The molecular formula is C23H25NO2. The molecule has 1 fully saturated rings. The summed E-state index contributed by atoms with van der Waals surface area (Å²) in [6.45, 7) is 2.49. The van der Waals surface area contributed by atoms with E-state index in [9.17, 15) is 9.59 Å². The Balaban J connectivity index is 1.87. The summed E-state index contributed by atoms with van der Waals surface area (Å²) in [5, 5.41) is 0. The average molecular weight is 347 g/mol. The van der Waals surface area contributed by atoms with Crippen LogP contribution >= 0.6 is 0 Å². The smallest absolute Gasteiger partial charge is 0.149 e. The van der Waals surface area contributed by atoms with Gasteiger partial charge in [0.1, 0.15) is 17.5 Å². The van der Waals surface area contributed by atoms with E-state index in [1.54, 1.807) is 0 Å². The second-order valence-electron chi connectivity index (χ2n) is 6.92. The van der Waals surface area contributed by atoms with E-state index >= 15 is 0 Å². The fourth-order valence-corrected chi connectivity index (χ4v) is 3.64. The van der Waals surface area contributed by atoms with Gasteiger partial charge in [-0.1, -0.05) is 67.6 Å². The number of hydrogen-bond donors (Lipinski definition) is 0. The van der Waals surface area contributed by atoms with Crippen LogP contribution in [0.5, 0.6) is 0 Å². The largest absolute Gasteiger partial charge is 0.298 e. The second kappa shape index (κ2) is 8.70. The number of nitrogens with zero attached hydrogens (tertiary/aromatic N) is 1. The molecule has 0 radical (unpaired) electrons. The molecule has 134 valence electrons. The molecule has 0 aliphatic heterocycles. The van der Waals surface area contributed by atoms with Crippen molar-refractivity contribution in [2.24, 2.45) is 10.9 Å². The summed E-state index contributed by atoms with van der Waals surface area (Å²) in [6, 6.07) is 20.1. The summed E-state index contributed by atoms with van der Waals surface area (Å²) in [4.78, 5) is 30.1. The van der Waals surface area contributed by atoms with E-state index in [1.165, 1.54) is 0 Å². The van der Waals surface area contributed by atoms with E-state index in [-0.39, 0.29) is 17.5 Å². The zero-order valence-electron chi connectivity index (χ0n) is 15.2. The Kier molecular flexibility index (Phi) is 6.11. The first-order valence-corrected chi connectivity index (χ1v) is 9.36. The average Bonchev–Trinajstić information content (AvgIpc) is 2.67. The van der Waals surface area contributed by atoms with Crippen LogP contribution in [-0.2, 0) is 16.1 Å². The predicted molar refractivity (Wildman–Crippen MR) is 104 cm³/mol. The molecule has 2 atom stereocenters. The van der Waals surface area contributed by atoms with E-state index in [0.717, 1.165) is 23.3 Å². The SMILES string of the molecule is CCCC(=O)[C@H]1C(=O)C[C@@H](c2ccccc2)CC1=NCc1ccccc1. The molecule has 1 aliphatic rings. The highest BCUT2D eigenvalue weighted by atomic mass is 16.2. The Bertz CT molecular complexity index is 780. The van der Waals surface area contributed by atoms with Crippen LogP contribution in [0.25, 0.3) is 0 Å². The second-order valence-corrected chi connectivity index (χ2v) is 6.92. The van der Waals surface area contributed by atoms with Crippen molar-refractivity contribution in [3.8, 4) is 0 Å². The Labute approximate surface area is 155 Å². The molecule has 0 spiro atoms. The van der Waals surface area contributed by atoms with E-state index in [4.69, 9.17) is 4.99 Å². The van der Waals surface area contributed by atoms with Crippen LogP contribution in [0.1, 0.15) is 49.7 Å². The highest BCUT2D eigenvalue weighted by molar-refractivity contribution is 6.22. The number of carbonyl (C=O) groups excluding carboxylic acids is 2. The van der Waals surface area contributed by atoms with Crippen molar-refractivity contribution in [1.82, 2.24) is 0 Å². The first-order chi connectivity index (χ1) is 12.7. The molecule has 0 amide bonds. The molecule has 1 saturated carbocycles. The lowest BCUT2D eigenvalue weighted by Crippen LogP contribution is -2.38. The normalized spacial score (nSPS) is 21.7. The van der Waals surface area contributed by atoms with Crippen molar-refractivity contribution in [2.45, 2.75) is 45.1 Å². The zero-order chi connectivity index (χ0) is 18.4. The summed E-state index contributed by atoms with van der Waals surface area (Å²) in [5.74, 6) is -0.478. The van der Waals surface area contributed by atoms with E-state index in [0.29, 0.717) is 25.8 Å². The molecule has 2 aromatic rings. The summed E-state index contributed by atoms with van der Waals surface area (Å²) in [7, 11) is 0. The number of benzene rings is 2. The molecule has 0 bridgehead atoms. The molecule has 0 N–H and O–H groups in total. The molecule has 1 aliphatic carbocycles. The van der Waals surface area contributed by atoms with E-state index in [2.05, 4.69) is 12.1 Å². The maximum atomic E-state index is 12.8. The van der Waals surface area contributed by atoms with Gasteiger partial charge in [-0.3, -0.25) is 14.6 Å². The fourth-order valence-electron chi connectivity index (χ4n) is 3.64. The summed E-state index contributed by atoms with van der Waals surface area (Å²) in [6.07, 6.45) is 2.31. The maximum Gasteiger partial charge on any atom is 0.149 e. The van der Waals surface area contributed by atoms with Gasteiger partial charge in [-0.2, -0.15) is 0 Å². The van der Waals surface area contributed by atoms with Crippen molar-refractivity contribution < 1.29 is 9.59 Å². The lowest BCUT2D eigenvalue weighted by molar-refractivity contribution is -0.130. The van der Waals surface area contributed by atoms with Crippen LogP contribution in [-0.4, -0.2) is 17.3 Å². The van der Waals surface area contributed by atoms with E-state index in [1.807, 2.05) is 55.5 Å². The number of ketones is 2. The number of hydrogen-bond acceptors (Lipinski definition) is 3. The van der Waals surface area contributed by atoms with Crippen molar-refractivity contribution in [3.05, 3.63) is 71.8 Å². The van der Waals surface area contributed by atoms with Crippen LogP contribution in [0.3, 0.4) is 0 Å². The van der Waals surface area contributed by atoms with Gasteiger partial charge in [0, 0.05) is 18.6 Å². The van der Waals surface area contributed by atoms with Gasteiger partial charge in [-0.25, -0.2) is 0 Å². The van der Waals surface area contributed by atoms with Gasteiger partial charge in [0.15, 0.2) is 0 Å². The molecule has 26 heavy (non-hydrogen) atoms. The molecule has 0 unspecified atom stereocenters. The van der Waals surface area contributed by atoms with Crippen molar-refractivity contribution in [1.29, 1.82) is 0 Å². The van der Waals surface area contributed by atoms with Crippen molar-refractivity contribution in [3.63, 3.8) is 0 Å². The third kappa shape index (κ3) is 4.34. The van der Waals surface area contributed by atoms with Gasteiger partial charge in [0.2, 0.25) is 0 Å². The number of carbonyl (C=O) groups is 2. The molecule has 0 aromatic heterocycles. The van der Waals surface area contributed by atoms with Crippen molar-refractivity contribution >= 4 is 17.3 Å².